The van der Waals surface area contributed by atoms with Gasteiger partial charge in [-0.3, -0.25) is 0 Å². The van der Waals surface area contributed by atoms with Gasteiger partial charge in [-0.25, -0.2) is 0 Å². The zero-order valence-corrected chi connectivity index (χ0v) is 10.4. The molecule has 0 amide bonds. The number of nitrogens with zero attached hydrogens (tertiary/aromatic N) is 5. The lowest BCUT2D eigenvalue weighted by atomic mass is 10.2. The molecule has 0 radical (unpaired) electrons. The number of anilines is 2. The molecule has 7 nitrogen and oxygen atoms in total. The molecule has 4 N–H and O–H groups in total. The van der Waals surface area contributed by atoms with Crippen molar-refractivity contribution in [3.05, 3.63) is 29.8 Å². The van der Waals surface area contributed by atoms with Crippen LogP contribution in [0.5, 0.6) is 0 Å². The predicted octanol–water partition coefficient (Wildman–Crippen LogP) is 0.937. The van der Waals surface area contributed by atoms with Crippen molar-refractivity contribution < 1.29 is 0 Å². The van der Waals surface area contributed by atoms with E-state index in [2.05, 4.69) is 27.1 Å². The molecular formula is C12H13N7. The first-order valence-corrected chi connectivity index (χ1v) is 5.92. The van der Waals surface area contributed by atoms with Crippen LogP contribution in [0.2, 0.25) is 0 Å². The smallest absolute Gasteiger partial charge is 0.224 e. The fourth-order valence-corrected chi connectivity index (χ4v) is 1.83. The molecule has 0 aliphatic carbocycles. The summed E-state index contributed by atoms with van der Waals surface area (Å²) in [6.07, 6.45) is 0.990. The van der Waals surface area contributed by atoms with E-state index in [1.807, 2.05) is 24.3 Å². The molecule has 0 fully saturated rings. The van der Waals surface area contributed by atoms with Crippen LogP contribution in [0.3, 0.4) is 0 Å². The van der Waals surface area contributed by atoms with E-state index in [4.69, 9.17) is 11.5 Å². The maximum absolute atomic E-state index is 5.75. The molecule has 0 aliphatic rings. The third-order valence-corrected chi connectivity index (χ3v) is 2.87. The molecule has 7 heteroatoms. The van der Waals surface area contributed by atoms with E-state index in [-0.39, 0.29) is 11.8 Å². The maximum Gasteiger partial charge on any atom is 0.224 e. The van der Waals surface area contributed by atoms with Gasteiger partial charge in [-0.2, -0.15) is 9.97 Å². The summed E-state index contributed by atoms with van der Waals surface area (Å²) in [4.78, 5) is 9.35. The minimum Gasteiger partial charge on any atom is -0.382 e. The largest absolute Gasteiger partial charge is 0.382 e. The van der Waals surface area contributed by atoms with Crippen LogP contribution in [0.15, 0.2) is 24.3 Å². The molecule has 2 heterocycles. The van der Waals surface area contributed by atoms with Crippen molar-refractivity contribution in [1.29, 1.82) is 0 Å². The lowest BCUT2D eigenvalue weighted by Crippen LogP contribution is -1.99. The van der Waals surface area contributed by atoms with Crippen LogP contribution in [0.4, 0.5) is 11.8 Å². The van der Waals surface area contributed by atoms with Gasteiger partial charge in [0.15, 0.2) is 11.3 Å². The minimum absolute atomic E-state index is 0.0957. The van der Waals surface area contributed by atoms with Gasteiger partial charge >= 0.3 is 0 Å². The van der Waals surface area contributed by atoms with Gasteiger partial charge in [0, 0.05) is 0 Å². The Morgan fingerprint density at radius 2 is 1.79 bits per heavy atom. The fourth-order valence-electron chi connectivity index (χ4n) is 1.83. The molecule has 0 aliphatic heterocycles. The number of aryl methyl sites for hydroxylation is 1. The van der Waals surface area contributed by atoms with Crippen molar-refractivity contribution in [2.24, 2.45) is 0 Å². The molecular weight excluding hydrogens is 242 g/mol. The van der Waals surface area contributed by atoms with Crippen LogP contribution < -0.4 is 11.5 Å². The quantitative estimate of drug-likeness (QED) is 0.705. The second kappa shape index (κ2) is 4.20. The normalized spacial score (nSPS) is 11.0. The Morgan fingerprint density at radius 3 is 2.47 bits per heavy atom. The highest BCUT2D eigenvalue weighted by atomic mass is 15.5. The minimum atomic E-state index is 0.0957. The average molecular weight is 255 g/mol. The first kappa shape index (κ1) is 11.4. The summed E-state index contributed by atoms with van der Waals surface area (Å²) >= 11 is 0. The van der Waals surface area contributed by atoms with Crippen LogP contribution >= 0.6 is 0 Å². The zero-order valence-electron chi connectivity index (χ0n) is 10.4. The molecule has 0 bridgehead atoms. The van der Waals surface area contributed by atoms with E-state index >= 15 is 0 Å². The molecule has 19 heavy (non-hydrogen) atoms. The van der Waals surface area contributed by atoms with E-state index in [0.29, 0.717) is 11.2 Å². The second-order valence-electron chi connectivity index (χ2n) is 4.15. The van der Waals surface area contributed by atoms with E-state index in [0.717, 1.165) is 12.1 Å². The first-order valence-electron chi connectivity index (χ1n) is 5.92. The third-order valence-electron chi connectivity index (χ3n) is 2.87. The van der Waals surface area contributed by atoms with Gasteiger partial charge in [-0.05, 0) is 24.1 Å². The third kappa shape index (κ3) is 1.95. The topological polar surface area (TPSA) is 109 Å². The number of benzene rings is 1. The SMILES string of the molecule is CCc1ccc(-n2nc3nc(N)nc(N)c3n2)cc1. The molecule has 2 aromatic heterocycles. The lowest BCUT2D eigenvalue weighted by Gasteiger charge is -2.00. The highest BCUT2D eigenvalue weighted by Gasteiger charge is 2.10. The van der Waals surface area contributed by atoms with Gasteiger partial charge < -0.3 is 11.5 Å². The number of nitrogens with two attached hydrogens (primary N) is 2. The summed E-state index contributed by atoms with van der Waals surface area (Å²) in [6.45, 7) is 2.11. The van der Waals surface area contributed by atoms with Crippen LogP contribution in [-0.4, -0.2) is 25.0 Å². The first-order chi connectivity index (χ1) is 9.17. The van der Waals surface area contributed by atoms with Crippen molar-refractivity contribution in [3.8, 4) is 5.69 Å². The maximum atomic E-state index is 5.75. The molecule has 3 rings (SSSR count). The summed E-state index contributed by atoms with van der Waals surface area (Å²) in [6, 6.07) is 7.97. The highest BCUT2D eigenvalue weighted by Crippen LogP contribution is 2.16. The number of nitrogen functional groups attached to an aromatic ring is 2. The molecule has 0 unspecified atom stereocenters. The summed E-state index contributed by atoms with van der Waals surface area (Å²) in [7, 11) is 0. The van der Waals surface area contributed by atoms with Crippen LogP contribution in [0.1, 0.15) is 12.5 Å². The Bertz CT molecular complexity index is 730. The summed E-state index contributed by atoms with van der Waals surface area (Å²) < 4.78 is 0. The summed E-state index contributed by atoms with van der Waals surface area (Å²) in [5.74, 6) is 0.331. The average Bonchev–Trinajstić information content (AvgIpc) is 2.83. The Kier molecular flexibility index (Phi) is 2.52. The Morgan fingerprint density at radius 1 is 1.05 bits per heavy atom. The summed E-state index contributed by atoms with van der Waals surface area (Å²) in [5, 5.41) is 8.53. The Balaban J connectivity index is 2.12. The lowest BCUT2D eigenvalue weighted by molar-refractivity contribution is 0.763. The zero-order chi connectivity index (χ0) is 13.4. The molecule has 0 saturated carbocycles. The van der Waals surface area contributed by atoms with Gasteiger partial charge in [-0.15, -0.1) is 15.0 Å². The fraction of sp³-hybridized carbons (Fsp3) is 0.167. The molecule has 3 aromatic rings. The van der Waals surface area contributed by atoms with Crippen LogP contribution in [0, 0.1) is 0 Å². The molecule has 0 saturated heterocycles. The van der Waals surface area contributed by atoms with E-state index in [1.165, 1.54) is 10.4 Å². The van der Waals surface area contributed by atoms with Crippen molar-refractivity contribution in [3.63, 3.8) is 0 Å². The standard InChI is InChI=1S/C12H13N7/c1-2-7-3-5-8(6-4-7)19-17-9-10(13)15-12(14)16-11(9)18-19/h3-6H,2H2,1H3,(H4,13,14,15,16,18). The van der Waals surface area contributed by atoms with Gasteiger partial charge in [0.1, 0.15) is 0 Å². The second-order valence-corrected chi connectivity index (χ2v) is 4.15. The number of aromatic nitrogens is 5. The molecule has 96 valence electrons. The molecule has 1 aromatic carbocycles. The van der Waals surface area contributed by atoms with Crippen molar-refractivity contribution in [1.82, 2.24) is 25.0 Å². The predicted molar refractivity (Wildman–Crippen MR) is 72.7 cm³/mol. The number of fused-ring (bicyclic) bond motifs is 1. The van der Waals surface area contributed by atoms with Gasteiger partial charge in [-0.1, -0.05) is 19.1 Å². The van der Waals surface area contributed by atoms with Crippen LogP contribution in [-0.2, 0) is 6.42 Å². The van der Waals surface area contributed by atoms with Crippen LogP contribution in [0.25, 0.3) is 16.9 Å². The highest BCUT2D eigenvalue weighted by molar-refractivity contribution is 5.81. The molecule has 0 atom stereocenters. The number of hydrogen-bond acceptors (Lipinski definition) is 6. The monoisotopic (exact) mass is 255 g/mol. The van der Waals surface area contributed by atoms with Crippen molar-refractivity contribution in [2.75, 3.05) is 11.5 Å². The summed E-state index contributed by atoms with van der Waals surface area (Å²) in [5.41, 5.74) is 14.2. The van der Waals surface area contributed by atoms with Gasteiger partial charge in [0.05, 0.1) is 5.69 Å². The number of hydrogen-bond donors (Lipinski definition) is 2. The van der Waals surface area contributed by atoms with E-state index < -0.39 is 0 Å². The van der Waals surface area contributed by atoms with Crippen molar-refractivity contribution >= 4 is 22.9 Å². The van der Waals surface area contributed by atoms with Crippen molar-refractivity contribution in [2.45, 2.75) is 13.3 Å². The van der Waals surface area contributed by atoms with Gasteiger partial charge in [0.2, 0.25) is 11.6 Å². The Hall–Kier alpha value is -2.70. The molecule has 0 spiro atoms. The van der Waals surface area contributed by atoms with E-state index in [1.54, 1.807) is 0 Å². The van der Waals surface area contributed by atoms with E-state index in [9.17, 15) is 0 Å². The van der Waals surface area contributed by atoms with Gasteiger partial charge in [0.25, 0.3) is 0 Å². The number of rotatable bonds is 2. The Labute approximate surface area is 109 Å².